The minimum absolute atomic E-state index is 0.0504. The number of imide groups is 1. The third-order valence-corrected chi connectivity index (χ3v) is 4.79. The molecule has 4 rings (SSSR count). The largest absolute Gasteiger partial charge is 0.396 e. The van der Waals surface area contributed by atoms with Gasteiger partial charge in [-0.3, -0.25) is 14.9 Å². The minimum Gasteiger partial charge on any atom is -0.396 e. The number of benzene rings is 1. The molecule has 1 aromatic carbocycles. The number of imidazole rings is 1. The van der Waals surface area contributed by atoms with E-state index in [1.165, 1.54) is 6.33 Å². The van der Waals surface area contributed by atoms with Crippen molar-refractivity contribution in [3.05, 3.63) is 54.2 Å². The molecule has 0 aliphatic carbocycles. The second-order valence-electron chi connectivity index (χ2n) is 6.58. The highest BCUT2D eigenvalue weighted by molar-refractivity contribution is 6.49. The first-order chi connectivity index (χ1) is 13.6. The van der Waals surface area contributed by atoms with Crippen LogP contribution in [0, 0.1) is 0 Å². The quantitative estimate of drug-likeness (QED) is 0.525. The Balaban J connectivity index is 1.90. The molecule has 0 radical (unpaired) electrons. The van der Waals surface area contributed by atoms with Crippen LogP contribution < -0.4 is 5.32 Å². The number of nitrogens with zero attached hydrogens (tertiary/aromatic N) is 3. The summed E-state index contributed by atoms with van der Waals surface area (Å²) in [7, 11) is 0. The molecule has 2 amide bonds. The number of para-hydroxylation sites is 1. The summed E-state index contributed by atoms with van der Waals surface area (Å²) in [6.07, 6.45) is 5.60. The van der Waals surface area contributed by atoms with E-state index >= 15 is 0 Å². The summed E-state index contributed by atoms with van der Waals surface area (Å²) in [5.41, 5.74) is 2.49. The molecule has 0 unspecified atom stereocenters. The van der Waals surface area contributed by atoms with Gasteiger partial charge in [-0.1, -0.05) is 18.2 Å². The summed E-state index contributed by atoms with van der Waals surface area (Å²) >= 11 is 0. The van der Waals surface area contributed by atoms with E-state index in [1.54, 1.807) is 10.8 Å². The number of hydrogen-bond donors (Lipinski definition) is 3. The molecule has 3 aromatic rings. The minimum atomic E-state index is -0.485. The topological polar surface area (TPSA) is 109 Å². The number of hydrogen-bond acceptors (Lipinski definition) is 5. The third kappa shape index (κ3) is 3.02. The van der Waals surface area contributed by atoms with Gasteiger partial charge >= 0.3 is 0 Å². The highest BCUT2D eigenvalue weighted by Crippen LogP contribution is 2.35. The molecule has 1 aliphatic heterocycles. The van der Waals surface area contributed by atoms with Crippen molar-refractivity contribution in [1.29, 1.82) is 0 Å². The second kappa shape index (κ2) is 7.41. The van der Waals surface area contributed by atoms with E-state index in [4.69, 9.17) is 5.11 Å². The zero-order chi connectivity index (χ0) is 19.7. The van der Waals surface area contributed by atoms with Gasteiger partial charge in [0.2, 0.25) is 0 Å². The van der Waals surface area contributed by atoms with E-state index in [1.807, 2.05) is 35.0 Å². The lowest BCUT2D eigenvalue weighted by atomic mass is 9.99. The number of fused-ring (bicyclic) bond motifs is 1. The summed E-state index contributed by atoms with van der Waals surface area (Å²) in [5, 5.41) is 21.5. The Morgan fingerprint density at radius 3 is 2.54 bits per heavy atom. The van der Waals surface area contributed by atoms with Crippen LogP contribution in [0.1, 0.15) is 17.7 Å². The number of aromatic nitrogens is 3. The Morgan fingerprint density at radius 1 is 0.964 bits per heavy atom. The standard InChI is InChI=1S/C20H20N4O4/c25-8-3-6-24-10-14(13-4-1-2-5-16(13)24)17-18(20(28)22-19(17)27)15-11-23(7-9-26)12-21-15/h1-2,4-5,10-12,25-26H,3,6-9H2,(H,22,27,28). The van der Waals surface area contributed by atoms with Gasteiger partial charge in [0.05, 0.1) is 29.8 Å². The molecule has 3 heterocycles. The Morgan fingerprint density at radius 2 is 1.75 bits per heavy atom. The van der Waals surface area contributed by atoms with Crippen molar-refractivity contribution in [2.75, 3.05) is 13.2 Å². The number of rotatable bonds is 7. The second-order valence-corrected chi connectivity index (χ2v) is 6.58. The number of aliphatic hydroxyl groups excluding tert-OH is 2. The van der Waals surface area contributed by atoms with Crippen molar-refractivity contribution < 1.29 is 19.8 Å². The van der Waals surface area contributed by atoms with Crippen molar-refractivity contribution in [2.24, 2.45) is 0 Å². The highest BCUT2D eigenvalue weighted by Gasteiger charge is 2.35. The number of amides is 2. The van der Waals surface area contributed by atoms with Crippen molar-refractivity contribution in [3.63, 3.8) is 0 Å². The normalized spacial score (nSPS) is 14.4. The lowest BCUT2D eigenvalue weighted by Crippen LogP contribution is -2.22. The lowest BCUT2D eigenvalue weighted by molar-refractivity contribution is -0.122. The molecule has 8 heteroatoms. The van der Waals surface area contributed by atoms with E-state index < -0.39 is 11.8 Å². The highest BCUT2D eigenvalue weighted by atomic mass is 16.3. The number of carbonyl (C=O) groups is 2. The number of carbonyl (C=O) groups excluding carboxylic acids is 2. The molecule has 144 valence electrons. The first kappa shape index (κ1) is 18.1. The molecule has 1 aliphatic rings. The first-order valence-electron chi connectivity index (χ1n) is 9.06. The van der Waals surface area contributed by atoms with Crippen molar-refractivity contribution in [1.82, 2.24) is 19.4 Å². The Kier molecular flexibility index (Phi) is 4.81. The van der Waals surface area contributed by atoms with Crippen molar-refractivity contribution >= 4 is 33.9 Å². The fraction of sp³-hybridized carbons (Fsp3) is 0.250. The van der Waals surface area contributed by atoms with Gasteiger partial charge in [-0.25, -0.2) is 4.98 Å². The van der Waals surface area contributed by atoms with Gasteiger partial charge in [0.1, 0.15) is 0 Å². The summed E-state index contributed by atoms with van der Waals surface area (Å²) in [4.78, 5) is 29.4. The van der Waals surface area contributed by atoms with Gasteiger partial charge in [-0.2, -0.15) is 0 Å². The van der Waals surface area contributed by atoms with Crippen LogP contribution in [0.3, 0.4) is 0 Å². The smallest absolute Gasteiger partial charge is 0.261 e. The number of aryl methyl sites for hydroxylation is 1. The molecule has 28 heavy (non-hydrogen) atoms. The van der Waals surface area contributed by atoms with E-state index in [0.717, 1.165) is 10.9 Å². The van der Waals surface area contributed by atoms with Crippen LogP contribution in [0.5, 0.6) is 0 Å². The van der Waals surface area contributed by atoms with Crippen molar-refractivity contribution in [2.45, 2.75) is 19.5 Å². The predicted molar refractivity (Wildman–Crippen MR) is 103 cm³/mol. The van der Waals surface area contributed by atoms with Crippen LogP contribution in [-0.2, 0) is 22.7 Å². The van der Waals surface area contributed by atoms with Crippen LogP contribution in [0.25, 0.3) is 22.0 Å². The maximum absolute atomic E-state index is 12.7. The fourth-order valence-corrected chi connectivity index (χ4v) is 3.56. The van der Waals surface area contributed by atoms with Gasteiger partial charge in [-0.15, -0.1) is 0 Å². The lowest BCUT2D eigenvalue weighted by Gasteiger charge is -2.02. The van der Waals surface area contributed by atoms with Gasteiger partial charge in [0, 0.05) is 48.6 Å². The molecule has 3 N–H and O–H groups in total. The van der Waals surface area contributed by atoms with Crippen molar-refractivity contribution in [3.8, 4) is 0 Å². The van der Waals surface area contributed by atoms with Gasteiger partial charge in [-0.05, 0) is 12.5 Å². The maximum atomic E-state index is 12.7. The van der Waals surface area contributed by atoms with Crippen LogP contribution in [-0.4, -0.2) is 49.4 Å². The van der Waals surface area contributed by atoms with Crippen LogP contribution in [0.4, 0.5) is 0 Å². The monoisotopic (exact) mass is 380 g/mol. The summed E-state index contributed by atoms with van der Waals surface area (Å²) in [6.45, 7) is 0.966. The molecule has 0 spiro atoms. The first-order valence-corrected chi connectivity index (χ1v) is 9.06. The molecule has 0 fully saturated rings. The van der Waals surface area contributed by atoms with E-state index in [2.05, 4.69) is 10.3 Å². The molecule has 2 aromatic heterocycles. The van der Waals surface area contributed by atoms with E-state index in [9.17, 15) is 14.7 Å². The third-order valence-electron chi connectivity index (χ3n) is 4.79. The molecule has 8 nitrogen and oxygen atoms in total. The van der Waals surface area contributed by atoms with Crippen LogP contribution >= 0.6 is 0 Å². The Labute approximate surface area is 160 Å². The van der Waals surface area contributed by atoms with Crippen LogP contribution in [0.15, 0.2) is 43.0 Å². The Bertz CT molecular complexity index is 1090. The van der Waals surface area contributed by atoms with Gasteiger partial charge in [0.15, 0.2) is 0 Å². The molecular formula is C20H20N4O4. The zero-order valence-electron chi connectivity index (χ0n) is 15.1. The zero-order valence-corrected chi connectivity index (χ0v) is 15.1. The number of nitrogens with one attached hydrogen (secondary N) is 1. The summed E-state index contributed by atoms with van der Waals surface area (Å²) in [5.74, 6) is -0.941. The Hall–Kier alpha value is -3.23. The average molecular weight is 380 g/mol. The van der Waals surface area contributed by atoms with E-state index in [0.29, 0.717) is 30.8 Å². The predicted octanol–water partition coefficient (Wildman–Crippen LogP) is 0.780. The van der Waals surface area contributed by atoms with Gasteiger partial charge < -0.3 is 19.3 Å². The molecule has 0 bridgehead atoms. The number of aliphatic hydroxyl groups is 2. The van der Waals surface area contributed by atoms with Gasteiger partial charge in [0.25, 0.3) is 11.8 Å². The maximum Gasteiger partial charge on any atom is 0.261 e. The molecule has 0 saturated carbocycles. The molecule has 0 saturated heterocycles. The summed E-state index contributed by atoms with van der Waals surface area (Å²) < 4.78 is 3.65. The SMILES string of the molecule is O=C1NC(=O)C(c2cn(CCCO)c3ccccc23)=C1c1cn(CCO)cn1. The fourth-order valence-electron chi connectivity index (χ4n) is 3.56. The molecule has 0 atom stereocenters. The average Bonchev–Trinajstić information content (AvgIpc) is 3.36. The summed E-state index contributed by atoms with van der Waals surface area (Å²) in [6, 6.07) is 7.65. The molecular weight excluding hydrogens is 360 g/mol. The van der Waals surface area contributed by atoms with E-state index in [-0.39, 0.29) is 24.4 Å². The van der Waals surface area contributed by atoms with Crippen LogP contribution in [0.2, 0.25) is 0 Å².